The van der Waals surface area contributed by atoms with Gasteiger partial charge in [0.15, 0.2) is 0 Å². The van der Waals surface area contributed by atoms with Crippen LogP contribution >= 0.6 is 0 Å². The average Bonchev–Trinajstić information content (AvgIpc) is 2.76. The van der Waals surface area contributed by atoms with Crippen molar-refractivity contribution in [3.63, 3.8) is 0 Å². The van der Waals surface area contributed by atoms with Crippen molar-refractivity contribution < 1.29 is 9.84 Å². The predicted octanol–water partition coefficient (Wildman–Crippen LogP) is 2.48. The van der Waals surface area contributed by atoms with E-state index in [1.165, 1.54) is 0 Å². The van der Waals surface area contributed by atoms with Crippen molar-refractivity contribution in [1.82, 2.24) is 9.78 Å². The largest absolute Gasteiger partial charge is 0.390 e. The fourth-order valence-electron chi connectivity index (χ4n) is 2.63. The molecule has 0 amide bonds. The molecule has 0 aliphatic carbocycles. The van der Waals surface area contributed by atoms with Gasteiger partial charge in [0, 0.05) is 25.8 Å². The van der Waals surface area contributed by atoms with Crippen LogP contribution in [0.2, 0.25) is 0 Å². The van der Waals surface area contributed by atoms with Crippen molar-refractivity contribution >= 4 is 0 Å². The van der Waals surface area contributed by atoms with Crippen LogP contribution in [-0.2, 0) is 24.6 Å². The van der Waals surface area contributed by atoms with Gasteiger partial charge in [0.1, 0.15) is 0 Å². The van der Waals surface area contributed by atoms with E-state index in [0.29, 0.717) is 13.0 Å². The number of hydrogen-bond acceptors (Lipinski definition) is 3. The first-order chi connectivity index (χ1) is 9.02. The Morgan fingerprint density at radius 3 is 2.37 bits per heavy atom. The molecule has 4 heteroatoms. The van der Waals surface area contributed by atoms with Gasteiger partial charge in [-0.05, 0) is 32.3 Å². The van der Waals surface area contributed by atoms with E-state index >= 15 is 0 Å². The molecule has 0 saturated heterocycles. The molecule has 1 rings (SSSR count). The zero-order chi connectivity index (χ0) is 14.5. The fourth-order valence-corrected chi connectivity index (χ4v) is 2.63. The summed E-state index contributed by atoms with van der Waals surface area (Å²) in [5.74, 6) is 0. The number of aryl methyl sites for hydroxylation is 2. The van der Waals surface area contributed by atoms with Crippen LogP contribution in [0.15, 0.2) is 6.07 Å². The van der Waals surface area contributed by atoms with Gasteiger partial charge in [0.2, 0.25) is 0 Å². The molecular weight excluding hydrogens is 240 g/mol. The third-order valence-electron chi connectivity index (χ3n) is 4.03. The normalized spacial score (nSPS) is 13.8. The molecule has 0 bridgehead atoms. The topological polar surface area (TPSA) is 47.3 Å². The number of hydrogen-bond donors (Lipinski definition) is 1. The van der Waals surface area contributed by atoms with E-state index in [9.17, 15) is 5.11 Å². The van der Waals surface area contributed by atoms with Crippen LogP contribution in [0.4, 0.5) is 0 Å². The molecule has 0 fully saturated rings. The first-order valence-electron chi connectivity index (χ1n) is 7.36. The third kappa shape index (κ3) is 3.57. The molecule has 1 heterocycles. The minimum Gasteiger partial charge on any atom is -0.390 e. The summed E-state index contributed by atoms with van der Waals surface area (Å²) >= 11 is 0. The van der Waals surface area contributed by atoms with E-state index in [0.717, 1.165) is 30.7 Å². The van der Waals surface area contributed by atoms with Crippen LogP contribution in [0.25, 0.3) is 0 Å². The Hall–Kier alpha value is -0.870. The molecule has 0 radical (unpaired) electrons. The third-order valence-corrected chi connectivity index (χ3v) is 4.03. The minimum absolute atomic E-state index is 0.439. The number of nitrogens with zero attached hydrogens (tertiary/aromatic N) is 2. The number of rotatable bonds is 8. The van der Waals surface area contributed by atoms with Gasteiger partial charge in [0.25, 0.3) is 0 Å². The Kier molecular flexibility index (Phi) is 6.01. The van der Waals surface area contributed by atoms with Gasteiger partial charge in [-0.3, -0.25) is 4.68 Å². The van der Waals surface area contributed by atoms with Gasteiger partial charge >= 0.3 is 0 Å². The highest BCUT2D eigenvalue weighted by Gasteiger charge is 2.35. The first kappa shape index (κ1) is 16.2. The zero-order valence-corrected chi connectivity index (χ0v) is 12.9. The average molecular weight is 268 g/mol. The maximum Gasteiger partial charge on any atom is 0.0938 e. The summed E-state index contributed by atoms with van der Waals surface area (Å²) in [4.78, 5) is 0. The highest BCUT2D eigenvalue weighted by molar-refractivity contribution is 5.12. The molecule has 1 N–H and O–H groups in total. The lowest BCUT2D eigenvalue weighted by atomic mass is 9.87. The van der Waals surface area contributed by atoms with Crippen molar-refractivity contribution in [1.29, 1.82) is 0 Å². The van der Waals surface area contributed by atoms with Gasteiger partial charge in [-0.25, -0.2) is 0 Å². The molecule has 0 aliphatic heterocycles. The maximum absolute atomic E-state index is 10.6. The van der Waals surface area contributed by atoms with Crippen molar-refractivity contribution in [3.05, 3.63) is 17.5 Å². The molecule has 0 aliphatic rings. The van der Waals surface area contributed by atoms with Gasteiger partial charge in [-0.15, -0.1) is 0 Å². The molecule has 19 heavy (non-hydrogen) atoms. The monoisotopic (exact) mass is 268 g/mol. The molecule has 0 saturated carbocycles. The lowest BCUT2D eigenvalue weighted by Gasteiger charge is -2.36. The zero-order valence-electron chi connectivity index (χ0n) is 12.9. The van der Waals surface area contributed by atoms with Gasteiger partial charge in [0.05, 0.1) is 17.4 Å². The van der Waals surface area contributed by atoms with E-state index in [1.807, 2.05) is 18.7 Å². The molecule has 0 spiro atoms. The Morgan fingerprint density at radius 2 is 1.95 bits per heavy atom. The van der Waals surface area contributed by atoms with Crippen molar-refractivity contribution in [2.24, 2.45) is 7.05 Å². The van der Waals surface area contributed by atoms with Gasteiger partial charge in [-0.1, -0.05) is 20.8 Å². The molecule has 1 aromatic rings. The van der Waals surface area contributed by atoms with E-state index in [-0.39, 0.29) is 0 Å². The molecule has 1 unspecified atom stereocenters. The second kappa shape index (κ2) is 7.06. The predicted molar refractivity (Wildman–Crippen MR) is 77.2 cm³/mol. The highest BCUT2D eigenvalue weighted by atomic mass is 16.5. The van der Waals surface area contributed by atoms with Crippen LogP contribution in [0, 0.1) is 0 Å². The van der Waals surface area contributed by atoms with Gasteiger partial charge in [-0.2, -0.15) is 5.10 Å². The second-order valence-electron chi connectivity index (χ2n) is 5.03. The Bertz CT molecular complexity index is 383. The molecule has 1 aromatic heterocycles. The van der Waals surface area contributed by atoms with E-state index in [1.54, 1.807) is 0 Å². The smallest absolute Gasteiger partial charge is 0.0938 e. The highest BCUT2D eigenvalue weighted by Crippen LogP contribution is 2.27. The van der Waals surface area contributed by atoms with Crippen molar-refractivity contribution in [3.8, 4) is 0 Å². The first-order valence-corrected chi connectivity index (χ1v) is 7.36. The lowest BCUT2D eigenvalue weighted by Crippen LogP contribution is -2.45. The van der Waals surface area contributed by atoms with Crippen LogP contribution in [-0.4, -0.2) is 33.2 Å². The number of aliphatic hydroxyl groups excluding tert-OH is 1. The summed E-state index contributed by atoms with van der Waals surface area (Å²) in [5.41, 5.74) is 1.70. The summed E-state index contributed by atoms with van der Waals surface area (Å²) in [5, 5.41) is 15.0. The standard InChI is InChI=1S/C15H28N2O2/c1-6-12-10-13(17(5)16-12)11-14(18)15(7-2,8-3)19-9-4/h10,14,18H,6-9,11H2,1-5H3. The maximum atomic E-state index is 10.6. The SMILES string of the molecule is CCOC(CC)(CC)C(O)Cc1cc(CC)nn1C. The summed E-state index contributed by atoms with van der Waals surface area (Å²) < 4.78 is 7.72. The molecule has 4 nitrogen and oxygen atoms in total. The van der Waals surface area contributed by atoms with Crippen LogP contribution in [0.3, 0.4) is 0 Å². The van der Waals surface area contributed by atoms with Crippen LogP contribution in [0.1, 0.15) is 51.9 Å². The Morgan fingerprint density at radius 1 is 1.32 bits per heavy atom. The van der Waals surface area contributed by atoms with E-state index < -0.39 is 11.7 Å². The summed E-state index contributed by atoms with van der Waals surface area (Å²) in [6.45, 7) is 8.84. The number of ether oxygens (including phenoxy) is 1. The van der Waals surface area contributed by atoms with E-state index in [4.69, 9.17) is 4.74 Å². The van der Waals surface area contributed by atoms with Crippen molar-refractivity contribution in [2.75, 3.05) is 6.61 Å². The van der Waals surface area contributed by atoms with Crippen LogP contribution < -0.4 is 0 Å². The molecular formula is C15H28N2O2. The summed E-state index contributed by atoms with van der Waals surface area (Å²) in [6.07, 6.45) is 2.64. The summed E-state index contributed by atoms with van der Waals surface area (Å²) in [6, 6.07) is 2.07. The fraction of sp³-hybridized carbons (Fsp3) is 0.800. The number of aliphatic hydroxyl groups is 1. The second-order valence-corrected chi connectivity index (χ2v) is 5.03. The van der Waals surface area contributed by atoms with Crippen LogP contribution in [0.5, 0.6) is 0 Å². The van der Waals surface area contributed by atoms with E-state index in [2.05, 4.69) is 31.9 Å². The minimum atomic E-state index is -0.498. The number of aromatic nitrogens is 2. The Balaban J connectivity index is 2.86. The quantitative estimate of drug-likeness (QED) is 0.788. The molecule has 1 atom stereocenters. The lowest BCUT2D eigenvalue weighted by molar-refractivity contribution is -0.124. The van der Waals surface area contributed by atoms with Gasteiger partial charge < -0.3 is 9.84 Å². The Labute approximate surface area is 116 Å². The summed E-state index contributed by atoms with van der Waals surface area (Å²) in [7, 11) is 1.93. The molecule has 110 valence electrons. The molecule has 0 aromatic carbocycles. The van der Waals surface area contributed by atoms with Crippen molar-refractivity contribution in [2.45, 2.75) is 65.1 Å².